The monoisotopic (exact) mass is 479 g/mol. The Morgan fingerprint density at radius 1 is 1.06 bits per heavy atom. The Morgan fingerprint density at radius 2 is 1.86 bits per heavy atom. The predicted molar refractivity (Wildman–Crippen MR) is 137 cm³/mol. The van der Waals surface area contributed by atoms with Crippen LogP contribution in [0.25, 0.3) is 11.8 Å². The number of allylic oxidation sites excluding steroid dienone is 1. The van der Waals surface area contributed by atoms with Crippen LogP contribution < -0.4 is 14.9 Å². The smallest absolute Gasteiger partial charge is 0.271 e. The summed E-state index contributed by atoms with van der Waals surface area (Å²) in [5.41, 5.74) is 6.92. The Bertz CT molecular complexity index is 1710. The number of hydrogen-bond donors (Lipinski definition) is 0. The molecule has 0 saturated carbocycles. The quantitative estimate of drug-likeness (QED) is 0.320. The van der Waals surface area contributed by atoms with Crippen molar-refractivity contribution in [1.82, 2.24) is 4.57 Å². The number of fused-ring (bicyclic) bond motifs is 3. The summed E-state index contributed by atoms with van der Waals surface area (Å²) in [5.74, 6) is 0. The van der Waals surface area contributed by atoms with Crippen molar-refractivity contribution in [3.8, 4) is 0 Å². The van der Waals surface area contributed by atoms with Gasteiger partial charge in [0, 0.05) is 17.7 Å². The van der Waals surface area contributed by atoms with Gasteiger partial charge < -0.3 is 0 Å². The zero-order chi connectivity index (χ0) is 24.1. The van der Waals surface area contributed by atoms with E-state index in [1.165, 1.54) is 23.0 Å². The molecule has 3 aromatic carbocycles. The standard InChI is InChI=1S/C28H21N3O3S/c1-17-9-11-18(12-10-17)15-24-27(32)30-26(20-6-4-7-21(16-20)31(33)34)23-14-13-19-5-2-3-8-22(19)25(23)29-28(30)35-24/h2-12,15-16,26H,13-14H2,1H3. The first-order valence-corrected chi connectivity index (χ1v) is 12.3. The largest absolute Gasteiger partial charge is 0.272 e. The first-order chi connectivity index (χ1) is 17.0. The van der Waals surface area contributed by atoms with Crippen molar-refractivity contribution in [2.45, 2.75) is 25.8 Å². The molecule has 6 nitrogen and oxygen atoms in total. The third kappa shape index (κ3) is 3.65. The fourth-order valence-corrected chi connectivity index (χ4v) is 5.95. The second-order valence-corrected chi connectivity index (χ2v) is 9.89. The molecule has 172 valence electrons. The second-order valence-electron chi connectivity index (χ2n) is 8.88. The molecule has 2 aliphatic rings. The molecule has 0 amide bonds. The second kappa shape index (κ2) is 8.29. The SMILES string of the molecule is Cc1ccc(C=c2sc3n(c2=O)C(c2cccc([N+](=O)[O-])c2)C2=C(N=3)c3ccccc3CC2)cc1. The van der Waals surface area contributed by atoms with Crippen LogP contribution in [0.5, 0.6) is 0 Å². The Hall–Kier alpha value is -4.10. The number of rotatable bonds is 3. The summed E-state index contributed by atoms with van der Waals surface area (Å²) < 4.78 is 2.31. The maximum Gasteiger partial charge on any atom is 0.271 e. The zero-order valence-corrected chi connectivity index (χ0v) is 19.8. The summed E-state index contributed by atoms with van der Waals surface area (Å²) in [5, 5.41) is 11.5. The van der Waals surface area contributed by atoms with Gasteiger partial charge in [-0.25, -0.2) is 4.99 Å². The molecule has 1 aliphatic carbocycles. The van der Waals surface area contributed by atoms with Crippen LogP contribution in [0.3, 0.4) is 0 Å². The Balaban J connectivity index is 1.63. The average molecular weight is 480 g/mol. The van der Waals surface area contributed by atoms with Crippen LogP contribution in [0.4, 0.5) is 5.69 Å². The summed E-state index contributed by atoms with van der Waals surface area (Å²) in [6.45, 7) is 2.03. The Morgan fingerprint density at radius 3 is 2.66 bits per heavy atom. The van der Waals surface area contributed by atoms with E-state index in [4.69, 9.17) is 4.99 Å². The summed E-state index contributed by atoms with van der Waals surface area (Å²) in [7, 11) is 0. The molecule has 7 heteroatoms. The Kier molecular flexibility index (Phi) is 5.07. The maximum absolute atomic E-state index is 13.7. The molecule has 0 saturated heterocycles. The highest BCUT2D eigenvalue weighted by Gasteiger charge is 2.33. The van der Waals surface area contributed by atoms with Crippen LogP contribution in [0.2, 0.25) is 0 Å². The summed E-state index contributed by atoms with van der Waals surface area (Å²) in [4.78, 5) is 30.5. The number of hydrogen-bond acceptors (Lipinski definition) is 5. The van der Waals surface area contributed by atoms with E-state index >= 15 is 0 Å². The zero-order valence-electron chi connectivity index (χ0n) is 19.0. The topological polar surface area (TPSA) is 77.5 Å². The van der Waals surface area contributed by atoms with Crippen molar-refractivity contribution >= 4 is 28.8 Å². The number of thiazole rings is 1. The van der Waals surface area contributed by atoms with Gasteiger partial charge in [0.15, 0.2) is 4.80 Å². The van der Waals surface area contributed by atoms with Crippen molar-refractivity contribution in [1.29, 1.82) is 0 Å². The van der Waals surface area contributed by atoms with Crippen LogP contribution in [-0.2, 0) is 6.42 Å². The minimum absolute atomic E-state index is 0.0136. The number of aryl methyl sites for hydroxylation is 2. The van der Waals surface area contributed by atoms with Gasteiger partial charge in [-0.2, -0.15) is 0 Å². The van der Waals surface area contributed by atoms with Gasteiger partial charge in [0.05, 0.1) is 21.2 Å². The normalized spacial score (nSPS) is 16.8. The molecule has 35 heavy (non-hydrogen) atoms. The number of aromatic nitrogens is 1. The van der Waals surface area contributed by atoms with E-state index in [0.717, 1.165) is 46.4 Å². The van der Waals surface area contributed by atoms with Gasteiger partial charge in [0.1, 0.15) is 0 Å². The minimum atomic E-state index is -0.435. The van der Waals surface area contributed by atoms with E-state index in [1.54, 1.807) is 16.7 Å². The van der Waals surface area contributed by atoms with Crippen molar-refractivity contribution in [2.24, 2.45) is 4.99 Å². The van der Waals surface area contributed by atoms with Gasteiger partial charge in [0.2, 0.25) is 0 Å². The molecule has 0 fully saturated rings. The van der Waals surface area contributed by atoms with E-state index in [0.29, 0.717) is 9.33 Å². The van der Waals surface area contributed by atoms with Gasteiger partial charge in [0.25, 0.3) is 11.2 Å². The lowest BCUT2D eigenvalue weighted by Crippen LogP contribution is -2.38. The number of benzene rings is 3. The maximum atomic E-state index is 13.7. The lowest BCUT2D eigenvalue weighted by atomic mass is 9.83. The fraction of sp³-hybridized carbons (Fsp3) is 0.143. The highest BCUT2D eigenvalue weighted by molar-refractivity contribution is 7.07. The number of non-ortho nitro benzene ring substituents is 1. The van der Waals surface area contributed by atoms with E-state index in [2.05, 4.69) is 12.1 Å². The lowest BCUT2D eigenvalue weighted by Gasteiger charge is -2.30. The third-order valence-electron chi connectivity index (χ3n) is 6.64. The highest BCUT2D eigenvalue weighted by Crippen LogP contribution is 2.41. The van der Waals surface area contributed by atoms with E-state index in [9.17, 15) is 14.9 Å². The van der Waals surface area contributed by atoms with Crippen molar-refractivity contribution in [2.75, 3.05) is 0 Å². The van der Waals surface area contributed by atoms with Gasteiger partial charge >= 0.3 is 0 Å². The number of nitro groups is 1. The number of nitrogens with zero attached hydrogens (tertiary/aromatic N) is 3. The minimum Gasteiger partial charge on any atom is -0.272 e. The summed E-state index contributed by atoms with van der Waals surface area (Å²) in [6, 6.07) is 22.4. The first-order valence-electron chi connectivity index (χ1n) is 11.4. The van der Waals surface area contributed by atoms with Crippen LogP contribution in [0.1, 0.15) is 40.3 Å². The molecule has 0 N–H and O–H groups in total. The summed E-state index contributed by atoms with van der Waals surface area (Å²) in [6.07, 6.45) is 3.47. The van der Waals surface area contributed by atoms with Crippen LogP contribution in [0.15, 0.2) is 88.2 Å². The highest BCUT2D eigenvalue weighted by atomic mass is 32.1. The van der Waals surface area contributed by atoms with Gasteiger partial charge in [-0.15, -0.1) is 0 Å². The molecule has 4 aromatic rings. The van der Waals surface area contributed by atoms with Gasteiger partial charge in [-0.3, -0.25) is 19.5 Å². The molecule has 1 aromatic heterocycles. The van der Waals surface area contributed by atoms with Crippen LogP contribution >= 0.6 is 11.3 Å². The van der Waals surface area contributed by atoms with Crippen molar-refractivity contribution < 1.29 is 4.92 Å². The number of nitro benzene ring substituents is 1. The fourth-order valence-electron chi connectivity index (χ4n) is 4.94. The summed E-state index contributed by atoms with van der Waals surface area (Å²) >= 11 is 1.36. The van der Waals surface area contributed by atoms with E-state index in [-0.39, 0.29) is 11.2 Å². The molecule has 1 atom stereocenters. The molecular formula is C28H21N3O3S. The van der Waals surface area contributed by atoms with Crippen LogP contribution in [0, 0.1) is 17.0 Å². The molecule has 0 bridgehead atoms. The Labute approximate surface area is 205 Å². The van der Waals surface area contributed by atoms with Gasteiger partial charge in [-0.05, 0) is 48.1 Å². The molecule has 1 unspecified atom stereocenters. The lowest BCUT2D eigenvalue weighted by molar-refractivity contribution is -0.384. The molecule has 0 radical (unpaired) electrons. The van der Waals surface area contributed by atoms with E-state index in [1.807, 2.05) is 55.5 Å². The van der Waals surface area contributed by atoms with Gasteiger partial charge in [-0.1, -0.05) is 77.6 Å². The molecule has 2 heterocycles. The third-order valence-corrected chi connectivity index (χ3v) is 7.63. The molecular weight excluding hydrogens is 458 g/mol. The van der Waals surface area contributed by atoms with Crippen molar-refractivity contribution in [3.63, 3.8) is 0 Å². The predicted octanol–water partition coefficient (Wildman–Crippen LogP) is 4.54. The molecule has 1 aliphatic heterocycles. The average Bonchev–Trinajstić information content (AvgIpc) is 3.18. The first kappa shape index (κ1) is 21.4. The van der Waals surface area contributed by atoms with E-state index < -0.39 is 11.0 Å². The molecule has 6 rings (SSSR count). The molecule has 0 spiro atoms. The van der Waals surface area contributed by atoms with Crippen LogP contribution in [-0.4, -0.2) is 9.49 Å². The van der Waals surface area contributed by atoms with Crippen molar-refractivity contribution in [3.05, 3.63) is 136 Å².